The number of nitrogens with zero attached hydrogens (tertiary/aromatic N) is 1. The van der Waals surface area contributed by atoms with E-state index in [0.29, 0.717) is 17.7 Å². The highest BCUT2D eigenvalue weighted by Gasteiger charge is 2.36. The van der Waals surface area contributed by atoms with Gasteiger partial charge in [0.15, 0.2) is 0 Å². The van der Waals surface area contributed by atoms with Gasteiger partial charge in [-0.15, -0.1) is 0 Å². The van der Waals surface area contributed by atoms with Crippen LogP contribution in [0.15, 0.2) is 0 Å². The predicted molar refractivity (Wildman–Crippen MR) is 85.4 cm³/mol. The van der Waals surface area contributed by atoms with Crippen LogP contribution in [0.5, 0.6) is 0 Å². The summed E-state index contributed by atoms with van der Waals surface area (Å²) in [4.78, 5) is 25.7. The lowest BCUT2D eigenvalue weighted by atomic mass is 9.80. The fourth-order valence-corrected chi connectivity index (χ4v) is 4.89. The van der Waals surface area contributed by atoms with Crippen LogP contribution in [-0.4, -0.2) is 46.0 Å². The Bertz CT molecular complexity index is 388. The molecule has 2 aliphatic carbocycles. The molecular formula is C16H27NO3S. The highest BCUT2D eigenvalue weighted by atomic mass is 32.2. The fraction of sp³-hybridized carbons (Fsp3) is 0.875. The van der Waals surface area contributed by atoms with E-state index in [-0.39, 0.29) is 17.7 Å². The van der Waals surface area contributed by atoms with Gasteiger partial charge in [0.1, 0.15) is 0 Å². The number of aliphatic carboxylic acids is 1. The second-order valence-electron chi connectivity index (χ2n) is 6.39. The Morgan fingerprint density at radius 3 is 2.52 bits per heavy atom. The normalized spacial score (nSPS) is 32.9. The third-order valence-corrected chi connectivity index (χ3v) is 6.26. The molecule has 2 rings (SSSR count). The van der Waals surface area contributed by atoms with Crippen molar-refractivity contribution in [3.8, 4) is 0 Å². The van der Waals surface area contributed by atoms with E-state index < -0.39 is 5.97 Å². The zero-order valence-corrected chi connectivity index (χ0v) is 13.9. The van der Waals surface area contributed by atoms with Gasteiger partial charge in [0.25, 0.3) is 0 Å². The molecule has 4 atom stereocenters. The van der Waals surface area contributed by atoms with Crippen molar-refractivity contribution in [2.45, 2.75) is 63.2 Å². The van der Waals surface area contributed by atoms with Gasteiger partial charge < -0.3 is 10.0 Å². The summed E-state index contributed by atoms with van der Waals surface area (Å²) in [5.41, 5.74) is 0. The zero-order valence-electron chi connectivity index (χ0n) is 13.1. The Morgan fingerprint density at radius 1 is 1.14 bits per heavy atom. The van der Waals surface area contributed by atoms with Crippen LogP contribution in [-0.2, 0) is 9.59 Å². The second kappa shape index (κ2) is 7.52. The molecule has 2 saturated carbocycles. The topological polar surface area (TPSA) is 57.6 Å². The monoisotopic (exact) mass is 313 g/mol. The number of hydrogen-bond donors (Lipinski definition) is 1. The van der Waals surface area contributed by atoms with Crippen molar-refractivity contribution in [1.29, 1.82) is 0 Å². The lowest BCUT2D eigenvalue weighted by molar-refractivity contribution is -0.145. The van der Waals surface area contributed by atoms with Crippen molar-refractivity contribution in [1.82, 2.24) is 4.90 Å². The molecule has 1 N–H and O–H groups in total. The predicted octanol–water partition coefficient (Wildman–Crippen LogP) is 3.01. The van der Waals surface area contributed by atoms with Crippen molar-refractivity contribution in [3.05, 3.63) is 0 Å². The van der Waals surface area contributed by atoms with E-state index in [1.165, 1.54) is 6.42 Å². The molecular weight excluding hydrogens is 286 g/mol. The Morgan fingerprint density at radius 2 is 1.86 bits per heavy atom. The molecule has 120 valence electrons. The number of hydrogen-bond acceptors (Lipinski definition) is 3. The molecule has 4 unspecified atom stereocenters. The average molecular weight is 313 g/mol. The lowest BCUT2D eigenvalue weighted by Gasteiger charge is -2.32. The minimum absolute atomic E-state index is 0.0808. The van der Waals surface area contributed by atoms with Gasteiger partial charge in [0.2, 0.25) is 5.91 Å². The fourth-order valence-electron chi connectivity index (χ4n) is 3.76. The molecule has 0 saturated heterocycles. The Labute approximate surface area is 131 Å². The molecule has 5 heteroatoms. The van der Waals surface area contributed by atoms with Crippen LogP contribution in [0.3, 0.4) is 0 Å². The lowest BCUT2D eigenvalue weighted by Crippen LogP contribution is -2.41. The van der Waals surface area contributed by atoms with Crippen LogP contribution in [0.1, 0.15) is 51.9 Å². The summed E-state index contributed by atoms with van der Waals surface area (Å²) in [5.74, 6) is 0.164. The summed E-state index contributed by atoms with van der Waals surface area (Å²) in [7, 11) is 1.91. The Balaban J connectivity index is 1.89. The van der Waals surface area contributed by atoms with Crippen LogP contribution in [0, 0.1) is 11.8 Å². The van der Waals surface area contributed by atoms with Gasteiger partial charge in [0, 0.05) is 24.3 Å². The number of carboxylic acid groups (broad SMARTS) is 1. The molecule has 0 spiro atoms. The smallest absolute Gasteiger partial charge is 0.306 e. The van der Waals surface area contributed by atoms with E-state index >= 15 is 0 Å². The van der Waals surface area contributed by atoms with Crippen molar-refractivity contribution in [2.75, 3.05) is 12.8 Å². The first-order chi connectivity index (χ1) is 10.0. The van der Waals surface area contributed by atoms with Crippen molar-refractivity contribution >= 4 is 23.6 Å². The van der Waals surface area contributed by atoms with Gasteiger partial charge in [0.05, 0.1) is 5.92 Å². The van der Waals surface area contributed by atoms with E-state index in [4.69, 9.17) is 5.11 Å². The molecule has 2 fully saturated rings. The Kier molecular flexibility index (Phi) is 5.97. The summed E-state index contributed by atoms with van der Waals surface area (Å²) in [6, 6.07) is 0.353. The molecule has 4 nitrogen and oxygen atoms in total. The molecule has 0 radical (unpaired) electrons. The van der Waals surface area contributed by atoms with E-state index in [1.807, 2.05) is 23.7 Å². The quantitative estimate of drug-likeness (QED) is 0.847. The van der Waals surface area contributed by atoms with Crippen LogP contribution in [0.25, 0.3) is 0 Å². The van der Waals surface area contributed by atoms with E-state index in [9.17, 15) is 9.59 Å². The average Bonchev–Trinajstić information content (AvgIpc) is 2.95. The highest BCUT2D eigenvalue weighted by molar-refractivity contribution is 7.99. The van der Waals surface area contributed by atoms with Gasteiger partial charge in [-0.2, -0.15) is 11.8 Å². The first-order valence-electron chi connectivity index (χ1n) is 8.14. The first kappa shape index (κ1) is 16.7. The van der Waals surface area contributed by atoms with Crippen LogP contribution in [0.4, 0.5) is 0 Å². The van der Waals surface area contributed by atoms with Crippen LogP contribution >= 0.6 is 11.8 Å². The summed E-state index contributed by atoms with van der Waals surface area (Å²) in [6.07, 6.45) is 6.35. The zero-order chi connectivity index (χ0) is 15.4. The maximum absolute atomic E-state index is 12.6. The van der Waals surface area contributed by atoms with Crippen molar-refractivity contribution in [2.24, 2.45) is 11.8 Å². The SMILES string of the molecule is CCSC1CCC(N(C)C(=O)C2CCCC(C(=O)O)C2)C1. The van der Waals surface area contributed by atoms with E-state index in [2.05, 4.69) is 6.92 Å². The molecule has 0 aliphatic heterocycles. The molecule has 2 aliphatic rings. The number of carboxylic acids is 1. The molecule has 0 bridgehead atoms. The molecule has 0 aromatic carbocycles. The van der Waals surface area contributed by atoms with Gasteiger partial charge >= 0.3 is 5.97 Å². The number of rotatable bonds is 5. The molecule has 21 heavy (non-hydrogen) atoms. The standard InChI is InChI=1S/C16H27NO3S/c1-3-21-14-8-7-13(10-14)17(2)15(18)11-5-4-6-12(9-11)16(19)20/h11-14H,3-10H2,1-2H3,(H,19,20). The Hall–Kier alpha value is -0.710. The van der Waals surface area contributed by atoms with Crippen LogP contribution in [0.2, 0.25) is 0 Å². The molecule has 0 aromatic rings. The van der Waals surface area contributed by atoms with E-state index in [0.717, 1.165) is 37.9 Å². The molecule has 1 amide bonds. The maximum atomic E-state index is 12.6. The maximum Gasteiger partial charge on any atom is 0.306 e. The number of thioether (sulfide) groups is 1. The first-order valence-corrected chi connectivity index (χ1v) is 9.18. The number of carbonyl (C=O) groups is 2. The number of carbonyl (C=O) groups excluding carboxylic acids is 1. The molecule has 0 heterocycles. The van der Waals surface area contributed by atoms with Crippen molar-refractivity contribution in [3.63, 3.8) is 0 Å². The summed E-state index contributed by atoms with van der Waals surface area (Å²) < 4.78 is 0. The third-order valence-electron chi connectivity index (χ3n) is 5.03. The highest BCUT2D eigenvalue weighted by Crippen LogP contribution is 2.35. The van der Waals surface area contributed by atoms with Gasteiger partial charge in [-0.1, -0.05) is 13.3 Å². The van der Waals surface area contributed by atoms with Crippen molar-refractivity contribution < 1.29 is 14.7 Å². The minimum Gasteiger partial charge on any atom is -0.481 e. The third kappa shape index (κ3) is 4.15. The minimum atomic E-state index is -0.740. The summed E-state index contributed by atoms with van der Waals surface area (Å²) in [5, 5.41) is 9.84. The summed E-state index contributed by atoms with van der Waals surface area (Å²) in [6.45, 7) is 2.18. The molecule has 0 aromatic heterocycles. The second-order valence-corrected chi connectivity index (χ2v) is 7.97. The van der Waals surface area contributed by atoms with Crippen LogP contribution < -0.4 is 0 Å². The van der Waals surface area contributed by atoms with Gasteiger partial charge in [-0.3, -0.25) is 9.59 Å². The number of amides is 1. The van der Waals surface area contributed by atoms with Gasteiger partial charge in [-0.25, -0.2) is 0 Å². The summed E-state index contributed by atoms with van der Waals surface area (Å²) >= 11 is 2.00. The van der Waals surface area contributed by atoms with Gasteiger partial charge in [-0.05, 0) is 44.3 Å². The largest absolute Gasteiger partial charge is 0.481 e. The van der Waals surface area contributed by atoms with E-state index in [1.54, 1.807) is 0 Å².